The van der Waals surface area contributed by atoms with Gasteiger partial charge in [-0.3, -0.25) is 0 Å². The van der Waals surface area contributed by atoms with Crippen LogP contribution < -0.4 is 5.73 Å². The molecule has 0 radical (unpaired) electrons. The summed E-state index contributed by atoms with van der Waals surface area (Å²) in [6.07, 6.45) is 6.81. The van der Waals surface area contributed by atoms with Gasteiger partial charge in [-0.2, -0.15) is 0 Å². The average molecular weight is 519 g/mol. The highest BCUT2D eigenvalue weighted by molar-refractivity contribution is 7.25. The first-order chi connectivity index (χ1) is 19.2. The summed E-state index contributed by atoms with van der Waals surface area (Å²) in [6.45, 7) is 0. The molecule has 2 heterocycles. The zero-order valence-electron chi connectivity index (χ0n) is 21.4. The lowest BCUT2D eigenvalue weighted by molar-refractivity contribution is 0.968. The van der Waals surface area contributed by atoms with Crippen LogP contribution in [0.3, 0.4) is 0 Å². The number of fused-ring (bicyclic) bond motifs is 6. The number of nitrogens with zero attached hydrogens (tertiary/aromatic N) is 1. The summed E-state index contributed by atoms with van der Waals surface area (Å²) < 4.78 is 5.07. The van der Waals surface area contributed by atoms with Crippen molar-refractivity contribution in [1.29, 1.82) is 0 Å². The molecule has 0 amide bonds. The van der Waals surface area contributed by atoms with Gasteiger partial charge in [0.25, 0.3) is 0 Å². The number of nitrogen functional groups attached to an aromatic ring is 1. The molecule has 1 aliphatic rings. The third-order valence-corrected chi connectivity index (χ3v) is 9.14. The Kier molecular flexibility index (Phi) is 5.01. The van der Waals surface area contributed by atoms with Gasteiger partial charge in [0.1, 0.15) is 0 Å². The largest absolute Gasteiger partial charge is 0.399 e. The van der Waals surface area contributed by atoms with Crippen LogP contribution in [0, 0.1) is 0 Å². The molecule has 39 heavy (non-hydrogen) atoms. The molecule has 0 saturated carbocycles. The average Bonchev–Trinajstić information content (AvgIpc) is 3.52. The molecule has 5 aromatic carbocycles. The molecule has 0 unspecified atom stereocenters. The molecule has 7 aromatic rings. The molecule has 0 atom stereocenters. The maximum Gasteiger partial charge on any atom is 0.0540 e. The zero-order chi connectivity index (χ0) is 25.9. The third-order valence-electron chi connectivity index (χ3n) is 8.00. The van der Waals surface area contributed by atoms with Gasteiger partial charge in [-0.05, 0) is 83.6 Å². The number of hydrogen-bond acceptors (Lipinski definition) is 2. The standard InChI is InChI=1S/C36H26N2S/c37-26-9-7-8-23(20-26)24-16-18-30-31-21-25(17-19-35(31)39-36(30)22-24)27-10-1-4-13-32(27)38-33-14-5-2-11-28(33)29-12-3-6-15-34(29)38/h1-2,4-11,13-22H,3,12,37H2. The van der Waals surface area contributed by atoms with Crippen LogP contribution in [0.15, 0.2) is 115 Å². The van der Waals surface area contributed by atoms with E-state index in [1.54, 1.807) is 0 Å². The fraction of sp³-hybridized carbons (Fsp3) is 0.0556. The summed E-state index contributed by atoms with van der Waals surface area (Å²) in [5, 5.41) is 3.97. The maximum absolute atomic E-state index is 6.05. The number of nitrogens with two attached hydrogens (primary N) is 1. The van der Waals surface area contributed by atoms with Crippen LogP contribution in [0.4, 0.5) is 5.69 Å². The summed E-state index contributed by atoms with van der Waals surface area (Å²) in [5.74, 6) is 0. The van der Waals surface area contributed by atoms with Gasteiger partial charge in [0, 0.05) is 42.5 Å². The summed E-state index contributed by atoms with van der Waals surface area (Å²) >= 11 is 1.86. The molecule has 2 N–H and O–H groups in total. The number of hydrogen-bond donors (Lipinski definition) is 1. The summed E-state index contributed by atoms with van der Waals surface area (Å²) in [4.78, 5) is 0. The molecule has 3 heteroatoms. The Bertz CT molecular complexity index is 2090. The zero-order valence-corrected chi connectivity index (χ0v) is 22.2. The van der Waals surface area contributed by atoms with Crippen molar-refractivity contribution in [2.24, 2.45) is 0 Å². The Morgan fingerprint density at radius 1 is 0.641 bits per heavy atom. The lowest BCUT2D eigenvalue weighted by atomic mass is 9.99. The van der Waals surface area contributed by atoms with Gasteiger partial charge in [0.15, 0.2) is 0 Å². The van der Waals surface area contributed by atoms with Gasteiger partial charge < -0.3 is 10.3 Å². The van der Waals surface area contributed by atoms with Gasteiger partial charge in [-0.25, -0.2) is 0 Å². The van der Waals surface area contributed by atoms with E-state index in [9.17, 15) is 0 Å². The number of benzene rings is 5. The second kappa shape index (κ2) is 8.72. The van der Waals surface area contributed by atoms with Crippen LogP contribution >= 0.6 is 11.3 Å². The molecular weight excluding hydrogens is 492 g/mol. The molecule has 0 spiro atoms. The van der Waals surface area contributed by atoms with E-state index < -0.39 is 0 Å². The predicted molar refractivity (Wildman–Crippen MR) is 169 cm³/mol. The molecule has 8 rings (SSSR count). The van der Waals surface area contributed by atoms with E-state index in [0.29, 0.717) is 0 Å². The van der Waals surface area contributed by atoms with E-state index in [1.807, 2.05) is 29.5 Å². The first-order valence-corrected chi connectivity index (χ1v) is 14.3. The number of aromatic nitrogens is 1. The monoisotopic (exact) mass is 518 g/mol. The molecule has 0 aliphatic heterocycles. The van der Waals surface area contributed by atoms with Crippen molar-refractivity contribution in [3.05, 3.63) is 127 Å². The highest BCUT2D eigenvalue weighted by Gasteiger charge is 2.20. The van der Waals surface area contributed by atoms with Crippen LogP contribution in [0.5, 0.6) is 0 Å². The van der Waals surface area contributed by atoms with Gasteiger partial charge in [-0.15, -0.1) is 11.3 Å². The van der Waals surface area contributed by atoms with E-state index in [0.717, 1.165) is 24.1 Å². The minimum atomic E-state index is 0.791. The van der Waals surface area contributed by atoms with Crippen LogP contribution in [-0.4, -0.2) is 4.57 Å². The van der Waals surface area contributed by atoms with Crippen LogP contribution in [0.2, 0.25) is 0 Å². The Balaban J connectivity index is 1.31. The number of anilines is 1. The third kappa shape index (κ3) is 3.54. The van der Waals surface area contributed by atoms with E-state index in [2.05, 4.69) is 108 Å². The fourth-order valence-corrected chi connectivity index (χ4v) is 7.33. The van der Waals surface area contributed by atoms with Crippen molar-refractivity contribution in [3.63, 3.8) is 0 Å². The summed E-state index contributed by atoms with van der Waals surface area (Å²) in [5.41, 5.74) is 17.0. The predicted octanol–water partition coefficient (Wildman–Crippen LogP) is 9.87. The van der Waals surface area contributed by atoms with Crippen molar-refractivity contribution in [2.75, 3.05) is 5.73 Å². The van der Waals surface area contributed by atoms with Gasteiger partial charge in [-0.1, -0.05) is 72.8 Å². The summed E-state index contributed by atoms with van der Waals surface area (Å²) in [7, 11) is 0. The van der Waals surface area contributed by atoms with Crippen LogP contribution in [0.25, 0.3) is 65.1 Å². The van der Waals surface area contributed by atoms with Crippen molar-refractivity contribution < 1.29 is 0 Å². The number of para-hydroxylation sites is 2. The number of aryl methyl sites for hydroxylation is 1. The lowest BCUT2D eigenvalue weighted by Gasteiger charge is -2.16. The topological polar surface area (TPSA) is 30.9 Å². The molecule has 2 aromatic heterocycles. The Morgan fingerprint density at radius 2 is 1.49 bits per heavy atom. The van der Waals surface area contributed by atoms with Crippen molar-refractivity contribution in [3.8, 4) is 27.9 Å². The van der Waals surface area contributed by atoms with Crippen molar-refractivity contribution in [2.45, 2.75) is 12.8 Å². The van der Waals surface area contributed by atoms with Crippen molar-refractivity contribution in [1.82, 2.24) is 4.57 Å². The quantitative estimate of drug-likeness (QED) is 0.232. The Morgan fingerprint density at radius 3 is 2.44 bits per heavy atom. The minimum Gasteiger partial charge on any atom is -0.399 e. The SMILES string of the molecule is Nc1cccc(-c2ccc3c(c2)sc2ccc(-c4ccccc4-n4c5c(c6ccccc64)CCC=C5)cc23)c1. The van der Waals surface area contributed by atoms with Crippen molar-refractivity contribution >= 4 is 54.2 Å². The molecular formula is C36H26N2S. The first kappa shape index (κ1) is 22.4. The Hall–Kier alpha value is -4.60. The highest BCUT2D eigenvalue weighted by Crippen LogP contribution is 2.41. The van der Waals surface area contributed by atoms with E-state index in [-0.39, 0.29) is 0 Å². The van der Waals surface area contributed by atoms with E-state index in [1.165, 1.54) is 64.7 Å². The second-order valence-corrected chi connectivity index (χ2v) is 11.4. The molecule has 2 nitrogen and oxygen atoms in total. The number of rotatable bonds is 3. The maximum atomic E-state index is 6.05. The van der Waals surface area contributed by atoms with Gasteiger partial charge in [0.05, 0.1) is 11.2 Å². The molecule has 186 valence electrons. The summed E-state index contributed by atoms with van der Waals surface area (Å²) in [6, 6.07) is 39.5. The fourth-order valence-electron chi connectivity index (χ4n) is 6.20. The van der Waals surface area contributed by atoms with E-state index >= 15 is 0 Å². The molecule has 0 bridgehead atoms. The van der Waals surface area contributed by atoms with E-state index in [4.69, 9.17) is 5.73 Å². The number of thiophene rings is 1. The smallest absolute Gasteiger partial charge is 0.0540 e. The normalized spacial score (nSPS) is 12.9. The van der Waals surface area contributed by atoms with Gasteiger partial charge in [0.2, 0.25) is 0 Å². The lowest BCUT2D eigenvalue weighted by Crippen LogP contribution is -2.02. The van der Waals surface area contributed by atoms with Crippen LogP contribution in [-0.2, 0) is 6.42 Å². The second-order valence-electron chi connectivity index (χ2n) is 10.3. The minimum absolute atomic E-state index is 0.791. The number of allylic oxidation sites excluding steroid dienone is 1. The molecule has 0 saturated heterocycles. The highest BCUT2D eigenvalue weighted by atomic mass is 32.1. The van der Waals surface area contributed by atoms with Crippen LogP contribution in [0.1, 0.15) is 17.7 Å². The first-order valence-electron chi connectivity index (χ1n) is 13.5. The Labute approximate surface area is 231 Å². The molecule has 1 aliphatic carbocycles. The van der Waals surface area contributed by atoms with Gasteiger partial charge >= 0.3 is 0 Å². The molecule has 0 fully saturated rings.